The Balaban J connectivity index is 1.74. The highest BCUT2D eigenvalue weighted by Gasteiger charge is 2.24. The number of rotatable bonds is 8. The molecule has 3 N–H and O–H groups in total. The molecule has 1 fully saturated rings. The van der Waals surface area contributed by atoms with Gasteiger partial charge < -0.3 is 19.7 Å². The second-order valence-electron chi connectivity index (χ2n) is 7.95. The lowest BCUT2D eigenvalue weighted by Crippen LogP contribution is -2.26. The van der Waals surface area contributed by atoms with Crippen LogP contribution in [-0.4, -0.2) is 46.5 Å². The number of ether oxygens (including phenoxy) is 1. The summed E-state index contributed by atoms with van der Waals surface area (Å²) < 4.78 is 23.3. The summed E-state index contributed by atoms with van der Waals surface area (Å²) in [5, 5.41) is 12.5. The number of amides is 1. The van der Waals surface area contributed by atoms with Crippen LogP contribution in [0, 0.1) is 12.7 Å². The molecule has 33 heavy (non-hydrogen) atoms. The molecule has 176 valence electrons. The lowest BCUT2D eigenvalue weighted by Gasteiger charge is -2.23. The number of imidazole rings is 1. The molecule has 3 aromatic rings. The lowest BCUT2D eigenvalue weighted by atomic mass is 10.1. The van der Waals surface area contributed by atoms with Gasteiger partial charge in [0.25, 0.3) is 5.91 Å². The van der Waals surface area contributed by atoms with Crippen LogP contribution in [0.25, 0.3) is 11.0 Å². The second-order valence-corrected chi connectivity index (χ2v) is 8.39. The van der Waals surface area contributed by atoms with Crippen molar-refractivity contribution >= 4 is 39.9 Å². The van der Waals surface area contributed by atoms with Gasteiger partial charge in [-0.25, -0.2) is 14.9 Å². The van der Waals surface area contributed by atoms with Crippen molar-refractivity contribution in [2.75, 3.05) is 25.1 Å². The van der Waals surface area contributed by atoms with E-state index in [1.165, 1.54) is 0 Å². The summed E-state index contributed by atoms with van der Waals surface area (Å²) in [5.74, 6) is -1.31. The Bertz CT molecular complexity index is 1150. The highest BCUT2D eigenvalue weighted by Crippen LogP contribution is 2.33. The van der Waals surface area contributed by atoms with Crippen LogP contribution in [0.1, 0.15) is 35.2 Å². The van der Waals surface area contributed by atoms with E-state index in [1.807, 2.05) is 6.92 Å². The van der Waals surface area contributed by atoms with Crippen LogP contribution < -0.4 is 10.8 Å². The molecule has 4 rings (SSSR count). The van der Waals surface area contributed by atoms with E-state index in [-0.39, 0.29) is 36.1 Å². The van der Waals surface area contributed by atoms with Gasteiger partial charge in [-0.15, -0.1) is 0 Å². The van der Waals surface area contributed by atoms with Gasteiger partial charge in [0.2, 0.25) is 0 Å². The minimum absolute atomic E-state index is 0.0129. The quantitative estimate of drug-likeness (QED) is 0.334. The van der Waals surface area contributed by atoms with Crippen LogP contribution in [0.15, 0.2) is 30.6 Å². The number of aryl methyl sites for hydroxylation is 1. The summed E-state index contributed by atoms with van der Waals surface area (Å²) in [6.45, 7) is 2.69. The zero-order chi connectivity index (χ0) is 23.4. The number of hydroxylamine groups is 1. The number of anilines is 2. The molecule has 0 spiro atoms. The van der Waals surface area contributed by atoms with E-state index in [0.717, 1.165) is 24.8 Å². The van der Waals surface area contributed by atoms with E-state index < -0.39 is 11.7 Å². The second kappa shape index (κ2) is 10.5. The summed E-state index contributed by atoms with van der Waals surface area (Å²) >= 11 is 6.04. The Morgan fingerprint density at radius 3 is 2.97 bits per heavy atom. The van der Waals surface area contributed by atoms with Crippen molar-refractivity contribution < 1.29 is 23.9 Å². The van der Waals surface area contributed by atoms with Crippen molar-refractivity contribution in [2.45, 2.75) is 38.8 Å². The number of nitrogens with one attached hydrogen (secondary N) is 2. The van der Waals surface area contributed by atoms with E-state index in [0.29, 0.717) is 29.4 Å². The fourth-order valence-electron chi connectivity index (χ4n) is 3.89. The molecule has 0 aliphatic carbocycles. The zero-order valence-electron chi connectivity index (χ0n) is 18.2. The maximum Gasteiger partial charge on any atom is 0.277 e. The van der Waals surface area contributed by atoms with Gasteiger partial charge in [0, 0.05) is 17.3 Å². The first-order chi connectivity index (χ1) is 16.0. The maximum atomic E-state index is 15.7. The number of aliphatic hydroxyl groups is 1. The van der Waals surface area contributed by atoms with Crippen molar-refractivity contribution in [1.82, 2.24) is 15.0 Å². The molecule has 1 unspecified atom stereocenters. The van der Waals surface area contributed by atoms with Gasteiger partial charge >= 0.3 is 0 Å². The first kappa shape index (κ1) is 23.4. The Hall–Kier alpha value is -2.72. The SMILES string of the molecule is Cc1cc(Cl)ccc1Nc1c(C(=O)NOCCO)cc2c(ncn2CC2CCCCO2)c1F. The molecule has 1 aliphatic rings. The number of carbonyl (C=O) groups excluding carboxylic acids is 1. The molecule has 0 radical (unpaired) electrons. The van der Waals surface area contributed by atoms with Crippen LogP contribution in [0.4, 0.5) is 15.8 Å². The van der Waals surface area contributed by atoms with Crippen LogP contribution in [0.5, 0.6) is 0 Å². The Morgan fingerprint density at radius 2 is 2.24 bits per heavy atom. The number of hydrogen-bond acceptors (Lipinski definition) is 6. The standard InChI is InChI=1S/C23H26ClFN4O4/c1-14-10-15(24)5-6-18(14)27-21-17(23(31)28-33-9-7-30)11-19-22(20(21)25)26-13-29(19)12-16-4-2-3-8-32-16/h5-6,10-11,13,16,27,30H,2-4,7-9,12H2,1H3,(H,28,31). The molecular weight excluding hydrogens is 451 g/mol. The third-order valence-corrected chi connectivity index (χ3v) is 5.82. The molecule has 8 nitrogen and oxygen atoms in total. The average Bonchev–Trinajstić information content (AvgIpc) is 3.20. The number of fused-ring (bicyclic) bond motifs is 1. The van der Waals surface area contributed by atoms with Gasteiger partial charge in [0.15, 0.2) is 5.82 Å². The summed E-state index contributed by atoms with van der Waals surface area (Å²) in [6.07, 6.45) is 4.61. The molecule has 2 aromatic carbocycles. The topological polar surface area (TPSA) is 97.6 Å². The Kier molecular flexibility index (Phi) is 7.44. The monoisotopic (exact) mass is 476 g/mol. The van der Waals surface area contributed by atoms with Gasteiger partial charge in [-0.1, -0.05) is 11.6 Å². The van der Waals surface area contributed by atoms with Gasteiger partial charge in [0.05, 0.1) is 49.0 Å². The summed E-state index contributed by atoms with van der Waals surface area (Å²) in [6, 6.07) is 6.71. The Morgan fingerprint density at radius 1 is 1.39 bits per heavy atom. The average molecular weight is 477 g/mol. The van der Waals surface area contributed by atoms with Crippen molar-refractivity contribution in [2.24, 2.45) is 0 Å². The van der Waals surface area contributed by atoms with E-state index in [4.69, 9.17) is 26.3 Å². The van der Waals surface area contributed by atoms with Crippen LogP contribution in [0.3, 0.4) is 0 Å². The van der Waals surface area contributed by atoms with Gasteiger partial charge in [-0.05, 0) is 56.0 Å². The number of carbonyl (C=O) groups is 1. The first-order valence-electron chi connectivity index (χ1n) is 10.8. The summed E-state index contributed by atoms with van der Waals surface area (Å²) in [4.78, 5) is 22.1. The predicted molar refractivity (Wildman–Crippen MR) is 123 cm³/mol. The molecular formula is C23H26ClFN4O4. The minimum atomic E-state index is -0.655. The predicted octanol–water partition coefficient (Wildman–Crippen LogP) is 4.10. The number of halogens is 2. The van der Waals surface area contributed by atoms with Crippen molar-refractivity contribution in [3.63, 3.8) is 0 Å². The molecule has 0 bridgehead atoms. The number of aromatic nitrogens is 2. The van der Waals surface area contributed by atoms with E-state index in [1.54, 1.807) is 35.2 Å². The lowest BCUT2D eigenvalue weighted by molar-refractivity contribution is 0.00661. The maximum absolute atomic E-state index is 15.7. The first-order valence-corrected chi connectivity index (χ1v) is 11.2. The summed E-state index contributed by atoms with van der Waals surface area (Å²) in [7, 11) is 0. The largest absolute Gasteiger partial charge is 0.394 e. The molecule has 1 atom stereocenters. The fourth-order valence-corrected chi connectivity index (χ4v) is 4.12. The smallest absolute Gasteiger partial charge is 0.277 e. The van der Waals surface area contributed by atoms with Gasteiger partial charge in [0.1, 0.15) is 5.52 Å². The number of hydrogen-bond donors (Lipinski definition) is 3. The highest BCUT2D eigenvalue weighted by molar-refractivity contribution is 6.30. The molecule has 2 heterocycles. The fraction of sp³-hybridized carbons (Fsp3) is 0.391. The molecule has 10 heteroatoms. The molecule has 0 saturated carbocycles. The molecule has 1 aromatic heterocycles. The number of benzene rings is 2. The molecule has 1 saturated heterocycles. The molecule has 1 aliphatic heterocycles. The third kappa shape index (κ3) is 5.27. The third-order valence-electron chi connectivity index (χ3n) is 5.58. The summed E-state index contributed by atoms with van der Waals surface area (Å²) in [5.41, 5.74) is 4.27. The van der Waals surface area contributed by atoms with Crippen molar-refractivity contribution in [1.29, 1.82) is 0 Å². The van der Waals surface area contributed by atoms with E-state index >= 15 is 4.39 Å². The van der Waals surface area contributed by atoms with Crippen molar-refractivity contribution in [3.8, 4) is 0 Å². The number of aliphatic hydroxyl groups excluding tert-OH is 1. The zero-order valence-corrected chi connectivity index (χ0v) is 19.0. The molecule has 1 amide bonds. The van der Waals surface area contributed by atoms with Crippen LogP contribution >= 0.6 is 11.6 Å². The van der Waals surface area contributed by atoms with Crippen LogP contribution in [0.2, 0.25) is 5.02 Å². The number of nitrogens with zero attached hydrogens (tertiary/aromatic N) is 2. The van der Waals surface area contributed by atoms with E-state index in [2.05, 4.69) is 15.8 Å². The van der Waals surface area contributed by atoms with Crippen LogP contribution in [-0.2, 0) is 16.1 Å². The van der Waals surface area contributed by atoms with Gasteiger partial charge in [-0.2, -0.15) is 0 Å². The van der Waals surface area contributed by atoms with Gasteiger partial charge in [-0.3, -0.25) is 9.63 Å². The highest BCUT2D eigenvalue weighted by atomic mass is 35.5. The van der Waals surface area contributed by atoms with Crippen molar-refractivity contribution in [3.05, 3.63) is 52.6 Å². The minimum Gasteiger partial charge on any atom is -0.394 e. The van der Waals surface area contributed by atoms with E-state index in [9.17, 15) is 4.79 Å². The Labute approximate surface area is 195 Å². The normalized spacial score (nSPS) is 16.2.